The van der Waals surface area contributed by atoms with Crippen molar-refractivity contribution in [1.82, 2.24) is 15.5 Å². The molecule has 0 spiro atoms. The Morgan fingerprint density at radius 1 is 1.50 bits per heavy atom. The molecule has 5 heteroatoms. The highest BCUT2D eigenvalue weighted by Gasteiger charge is 2.35. The minimum atomic E-state index is -0.308. The van der Waals surface area contributed by atoms with E-state index in [-0.39, 0.29) is 23.3 Å². The minimum absolute atomic E-state index is 0.0477. The second-order valence-electron chi connectivity index (χ2n) is 7.15. The zero-order valence-corrected chi connectivity index (χ0v) is 14.2. The van der Waals surface area contributed by atoms with Crippen LogP contribution in [0.4, 0.5) is 0 Å². The number of hydrogen-bond donors (Lipinski definition) is 3. The summed E-state index contributed by atoms with van der Waals surface area (Å²) in [5.74, 6) is 0.189. The predicted molar refractivity (Wildman–Crippen MR) is 86.7 cm³/mol. The number of aliphatic hydroxyl groups excluding tert-OH is 1. The van der Waals surface area contributed by atoms with Crippen molar-refractivity contribution in [2.24, 2.45) is 5.41 Å². The third-order valence-electron chi connectivity index (χ3n) is 5.14. The van der Waals surface area contributed by atoms with E-state index in [9.17, 15) is 9.90 Å². The molecule has 1 fully saturated rings. The fraction of sp³-hybridized carbons (Fsp3) is 0.765. The third-order valence-corrected chi connectivity index (χ3v) is 5.14. The number of hydrogen-bond acceptors (Lipinski definition) is 3. The molecule has 22 heavy (non-hydrogen) atoms. The number of aromatic amines is 1. The van der Waals surface area contributed by atoms with Crippen LogP contribution in [0.1, 0.15) is 68.8 Å². The maximum atomic E-state index is 12.2. The zero-order valence-electron chi connectivity index (χ0n) is 14.2. The summed E-state index contributed by atoms with van der Waals surface area (Å²) >= 11 is 0. The molecule has 1 amide bonds. The van der Waals surface area contributed by atoms with E-state index in [1.165, 1.54) is 0 Å². The average Bonchev–Trinajstić information content (AvgIpc) is 2.79. The summed E-state index contributed by atoms with van der Waals surface area (Å²) < 4.78 is 0. The summed E-state index contributed by atoms with van der Waals surface area (Å²) in [4.78, 5) is 12.2. The summed E-state index contributed by atoms with van der Waals surface area (Å²) in [6.45, 7) is 8.64. The summed E-state index contributed by atoms with van der Waals surface area (Å²) in [5, 5.41) is 20.4. The van der Waals surface area contributed by atoms with Gasteiger partial charge in [-0.25, -0.2) is 0 Å². The first-order chi connectivity index (χ1) is 10.3. The molecular formula is C17H29N3O2. The van der Waals surface area contributed by atoms with Gasteiger partial charge in [-0.1, -0.05) is 26.7 Å². The van der Waals surface area contributed by atoms with E-state index in [1.807, 2.05) is 13.8 Å². The Morgan fingerprint density at radius 3 is 2.82 bits per heavy atom. The van der Waals surface area contributed by atoms with Crippen molar-refractivity contribution < 1.29 is 9.90 Å². The largest absolute Gasteiger partial charge is 0.392 e. The van der Waals surface area contributed by atoms with Crippen LogP contribution in [0.5, 0.6) is 0 Å². The molecule has 0 bridgehead atoms. The maximum absolute atomic E-state index is 12.2. The van der Waals surface area contributed by atoms with Crippen molar-refractivity contribution in [3.8, 4) is 0 Å². The standard InChI is InChI=1S/C17H29N3O2/c1-11(16-12(2)19-20-13(16)3)9-15(22)18-10-17(4)8-6-5-7-14(17)21/h11,14,21H,5-10H2,1-4H3,(H,18,22)(H,19,20). The van der Waals surface area contributed by atoms with E-state index in [0.717, 1.165) is 42.6 Å². The second kappa shape index (κ2) is 6.82. The number of carbonyl (C=O) groups excluding carboxylic acids is 1. The Labute approximate surface area is 132 Å². The van der Waals surface area contributed by atoms with Crippen molar-refractivity contribution >= 4 is 5.91 Å². The summed E-state index contributed by atoms with van der Waals surface area (Å²) in [5.41, 5.74) is 2.96. The van der Waals surface area contributed by atoms with Crippen LogP contribution >= 0.6 is 0 Å². The first kappa shape index (κ1) is 17.0. The summed E-state index contributed by atoms with van der Waals surface area (Å²) in [6, 6.07) is 0. The molecule has 0 aromatic carbocycles. The molecule has 1 saturated carbocycles. The van der Waals surface area contributed by atoms with Gasteiger partial charge in [-0.2, -0.15) is 5.10 Å². The van der Waals surface area contributed by atoms with Crippen LogP contribution in [0.2, 0.25) is 0 Å². The van der Waals surface area contributed by atoms with E-state index in [2.05, 4.69) is 29.4 Å². The molecule has 0 saturated heterocycles. The van der Waals surface area contributed by atoms with Crippen molar-refractivity contribution in [3.63, 3.8) is 0 Å². The fourth-order valence-corrected chi connectivity index (χ4v) is 3.63. The molecule has 1 aromatic heterocycles. The quantitative estimate of drug-likeness (QED) is 0.782. The minimum Gasteiger partial charge on any atom is -0.392 e. The molecule has 0 radical (unpaired) electrons. The number of nitrogens with zero attached hydrogens (tertiary/aromatic N) is 1. The smallest absolute Gasteiger partial charge is 0.220 e. The van der Waals surface area contributed by atoms with E-state index in [1.54, 1.807) is 0 Å². The number of H-pyrrole nitrogens is 1. The van der Waals surface area contributed by atoms with Crippen LogP contribution in [0, 0.1) is 19.3 Å². The van der Waals surface area contributed by atoms with Gasteiger partial charge < -0.3 is 10.4 Å². The molecular weight excluding hydrogens is 278 g/mol. The van der Waals surface area contributed by atoms with Crippen LogP contribution < -0.4 is 5.32 Å². The van der Waals surface area contributed by atoms with Crippen LogP contribution in [0.25, 0.3) is 0 Å². The number of aryl methyl sites for hydroxylation is 2. The number of rotatable bonds is 5. The lowest BCUT2D eigenvalue weighted by molar-refractivity contribution is -0.122. The topological polar surface area (TPSA) is 78.0 Å². The Balaban J connectivity index is 1.88. The zero-order chi connectivity index (χ0) is 16.3. The molecule has 3 atom stereocenters. The normalized spacial score (nSPS) is 26.7. The van der Waals surface area contributed by atoms with Gasteiger partial charge in [0.25, 0.3) is 0 Å². The van der Waals surface area contributed by atoms with E-state index < -0.39 is 0 Å². The summed E-state index contributed by atoms with van der Waals surface area (Å²) in [7, 11) is 0. The third kappa shape index (κ3) is 3.69. The molecule has 1 aromatic rings. The van der Waals surface area contributed by atoms with E-state index in [4.69, 9.17) is 0 Å². The number of carbonyl (C=O) groups is 1. The lowest BCUT2D eigenvalue weighted by Gasteiger charge is -2.38. The Bertz CT molecular complexity index is 506. The van der Waals surface area contributed by atoms with Gasteiger partial charge in [0.1, 0.15) is 0 Å². The van der Waals surface area contributed by atoms with Crippen LogP contribution in [0.15, 0.2) is 0 Å². The highest BCUT2D eigenvalue weighted by molar-refractivity contribution is 5.77. The monoisotopic (exact) mass is 307 g/mol. The van der Waals surface area contributed by atoms with E-state index in [0.29, 0.717) is 13.0 Å². The number of nitrogens with one attached hydrogen (secondary N) is 2. The van der Waals surface area contributed by atoms with Crippen LogP contribution in [-0.4, -0.2) is 33.9 Å². The molecule has 1 heterocycles. The Hall–Kier alpha value is -1.36. The van der Waals surface area contributed by atoms with Gasteiger partial charge in [0.05, 0.1) is 11.8 Å². The van der Waals surface area contributed by atoms with Gasteiger partial charge >= 0.3 is 0 Å². The number of aliphatic hydroxyl groups is 1. The van der Waals surface area contributed by atoms with Crippen LogP contribution in [-0.2, 0) is 4.79 Å². The van der Waals surface area contributed by atoms with Gasteiger partial charge in [0.15, 0.2) is 0 Å². The highest BCUT2D eigenvalue weighted by Crippen LogP contribution is 2.35. The lowest BCUT2D eigenvalue weighted by atomic mass is 9.73. The molecule has 3 unspecified atom stereocenters. The molecule has 5 nitrogen and oxygen atoms in total. The van der Waals surface area contributed by atoms with Gasteiger partial charge in [-0.3, -0.25) is 9.89 Å². The SMILES string of the molecule is Cc1n[nH]c(C)c1C(C)CC(=O)NCC1(C)CCCCC1O. The van der Waals surface area contributed by atoms with Gasteiger partial charge in [0, 0.05) is 24.1 Å². The van der Waals surface area contributed by atoms with Crippen molar-refractivity contribution in [2.45, 2.75) is 71.8 Å². The molecule has 2 rings (SSSR count). The number of amides is 1. The Kier molecular flexibility index (Phi) is 5.27. The lowest BCUT2D eigenvalue weighted by Crippen LogP contribution is -2.45. The van der Waals surface area contributed by atoms with Crippen molar-refractivity contribution in [2.75, 3.05) is 6.54 Å². The highest BCUT2D eigenvalue weighted by atomic mass is 16.3. The van der Waals surface area contributed by atoms with Gasteiger partial charge in [-0.15, -0.1) is 0 Å². The maximum Gasteiger partial charge on any atom is 0.220 e. The molecule has 124 valence electrons. The molecule has 1 aliphatic rings. The molecule has 1 aliphatic carbocycles. The number of aromatic nitrogens is 2. The average molecular weight is 307 g/mol. The molecule has 3 N–H and O–H groups in total. The van der Waals surface area contributed by atoms with Crippen molar-refractivity contribution in [1.29, 1.82) is 0 Å². The predicted octanol–water partition coefficient (Wildman–Crippen LogP) is 2.58. The van der Waals surface area contributed by atoms with Gasteiger partial charge in [-0.05, 0) is 38.2 Å². The summed E-state index contributed by atoms with van der Waals surface area (Å²) in [6.07, 6.45) is 4.18. The Morgan fingerprint density at radius 2 is 2.23 bits per heavy atom. The van der Waals surface area contributed by atoms with Crippen LogP contribution in [0.3, 0.4) is 0 Å². The van der Waals surface area contributed by atoms with Crippen molar-refractivity contribution in [3.05, 3.63) is 17.0 Å². The first-order valence-corrected chi connectivity index (χ1v) is 8.29. The second-order valence-corrected chi connectivity index (χ2v) is 7.15. The van der Waals surface area contributed by atoms with E-state index >= 15 is 0 Å². The van der Waals surface area contributed by atoms with Gasteiger partial charge in [0.2, 0.25) is 5.91 Å². The fourth-order valence-electron chi connectivity index (χ4n) is 3.63. The first-order valence-electron chi connectivity index (χ1n) is 8.29. The molecule has 0 aliphatic heterocycles.